The van der Waals surface area contributed by atoms with E-state index in [-0.39, 0.29) is 0 Å². The summed E-state index contributed by atoms with van der Waals surface area (Å²) >= 11 is 0. The van der Waals surface area contributed by atoms with E-state index in [1.165, 1.54) is 0 Å². The Kier molecular flexibility index (Phi) is 10.2. The van der Waals surface area contributed by atoms with E-state index in [2.05, 4.69) is 39.8 Å². The van der Waals surface area contributed by atoms with Gasteiger partial charge in [0.2, 0.25) is 0 Å². The van der Waals surface area contributed by atoms with Gasteiger partial charge >= 0.3 is 8.25 Å². The van der Waals surface area contributed by atoms with Gasteiger partial charge in [0.1, 0.15) is 0 Å². The molecule has 0 aliphatic heterocycles. The molecule has 0 bridgehead atoms. The van der Waals surface area contributed by atoms with Gasteiger partial charge in [-0.15, -0.1) is 0 Å². The van der Waals surface area contributed by atoms with E-state index in [0.717, 1.165) is 59.1 Å². The number of rotatable bonds is 5. The minimum atomic E-state index is -3.13. The van der Waals surface area contributed by atoms with E-state index in [4.69, 9.17) is 14.4 Å². The zero-order valence-corrected chi connectivity index (χ0v) is 16.1. The molecule has 0 amide bonds. The van der Waals surface area contributed by atoms with Gasteiger partial charge in [0.05, 0.1) is 23.3 Å². The first-order valence-electron chi connectivity index (χ1n) is 8.24. The van der Waals surface area contributed by atoms with Gasteiger partial charge in [0, 0.05) is 0 Å². The molecule has 0 heterocycles. The first kappa shape index (κ1) is 22.4. The first-order chi connectivity index (χ1) is 11.3. The van der Waals surface area contributed by atoms with Crippen LogP contribution in [0, 0.1) is 29.6 Å². The van der Waals surface area contributed by atoms with E-state index in [1.54, 1.807) is 0 Å². The molecule has 0 saturated heterocycles. The Bertz CT molecular complexity index is 665. The number of hydrogen-bond donors (Lipinski definition) is 2. The highest BCUT2D eigenvalue weighted by atomic mass is 31.1. The van der Waals surface area contributed by atoms with Crippen LogP contribution in [-0.2, 0) is 17.4 Å². The van der Waals surface area contributed by atoms with Crippen molar-refractivity contribution in [3.63, 3.8) is 0 Å². The molecule has 132 valence electrons. The third-order valence-corrected chi connectivity index (χ3v) is 4.35. The number of benzene rings is 1. The molecule has 0 radical (unpaired) electrons. The Hall–Kier alpha value is -1.65. The van der Waals surface area contributed by atoms with Gasteiger partial charge in [-0.05, 0) is 60.8 Å². The zero-order chi connectivity index (χ0) is 18.9. The highest BCUT2D eigenvalue weighted by molar-refractivity contribution is 7.30. The van der Waals surface area contributed by atoms with Crippen molar-refractivity contribution in [1.29, 1.82) is 10.5 Å². The molecular formula is C18H27N2O3P. The Morgan fingerprint density at radius 1 is 0.958 bits per heavy atom. The molecule has 6 heteroatoms. The number of nitrogens with zero attached hydrogens (tertiary/aromatic N) is 2. The van der Waals surface area contributed by atoms with Gasteiger partial charge in [-0.25, -0.2) is 0 Å². The summed E-state index contributed by atoms with van der Waals surface area (Å²) < 4.78 is 8.74. The van der Waals surface area contributed by atoms with Crippen molar-refractivity contribution in [1.82, 2.24) is 0 Å². The molecule has 0 spiro atoms. The Morgan fingerprint density at radius 3 is 1.67 bits per heavy atom. The maximum absolute atomic E-state index is 9.65. The van der Waals surface area contributed by atoms with E-state index >= 15 is 0 Å². The molecule has 2 N–H and O–H groups in total. The minimum absolute atomic E-state index is 0.373. The van der Waals surface area contributed by atoms with E-state index in [9.17, 15) is 10.5 Å². The van der Waals surface area contributed by atoms with E-state index in [0.29, 0.717) is 5.92 Å². The van der Waals surface area contributed by atoms with Crippen LogP contribution in [0.25, 0.3) is 0 Å². The second-order valence-corrected chi connectivity index (χ2v) is 6.04. The van der Waals surface area contributed by atoms with Crippen LogP contribution in [0.15, 0.2) is 0 Å². The normalized spacial score (nSPS) is 10.1. The minimum Gasteiger partial charge on any atom is -0.326 e. The lowest BCUT2D eigenvalue weighted by Crippen LogP contribution is -2.11. The maximum atomic E-state index is 9.65. The van der Waals surface area contributed by atoms with Crippen molar-refractivity contribution in [2.24, 2.45) is 0 Å². The molecule has 24 heavy (non-hydrogen) atoms. The summed E-state index contributed by atoms with van der Waals surface area (Å²) in [7, 11) is -3.13. The SMILES string of the molecule is CCc1c(C)c(C#N)c(CC)c(C(CC)CC)c1C#N.O=[PH](O)O. The van der Waals surface area contributed by atoms with Crippen molar-refractivity contribution in [2.45, 2.75) is 66.2 Å². The van der Waals surface area contributed by atoms with Crippen LogP contribution >= 0.6 is 8.25 Å². The fourth-order valence-corrected chi connectivity index (χ4v) is 3.25. The van der Waals surface area contributed by atoms with Crippen LogP contribution in [0.4, 0.5) is 0 Å². The van der Waals surface area contributed by atoms with Crippen molar-refractivity contribution in [2.75, 3.05) is 0 Å². The molecule has 1 rings (SSSR count). The monoisotopic (exact) mass is 350 g/mol. The molecule has 0 aliphatic carbocycles. The van der Waals surface area contributed by atoms with Gasteiger partial charge in [0.15, 0.2) is 0 Å². The summed E-state index contributed by atoms with van der Waals surface area (Å²) in [5.74, 6) is 0.373. The summed E-state index contributed by atoms with van der Waals surface area (Å²) in [5, 5.41) is 19.2. The summed E-state index contributed by atoms with van der Waals surface area (Å²) in [6.45, 7) is 10.4. The average Bonchev–Trinajstić information content (AvgIpc) is 2.55. The highest BCUT2D eigenvalue weighted by Gasteiger charge is 2.23. The van der Waals surface area contributed by atoms with Crippen LogP contribution in [0.2, 0.25) is 0 Å². The van der Waals surface area contributed by atoms with Gasteiger partial charge in [-0.1, -0.05) is 27.7 Å². The smallest absolute Gasteiger partial charge is 0.314 e. The van der Waals surface area contributed by atoms with E-state index < -0.39 is 8.25 Å². The van der Waals surface area contributed by atoms with Crippen LogP contribution < -0.4 is 0 Å². The third-order valence-electron chi connectivity index (χ3n) is 4.35. The molecule has 0 atom stereocenters. The quantitative estimate of drug-likeness (QED) is 0.777. The van der Waals surface area contributed by atoms with Gasteiger partial charge in [0.25, 0.3) is 0 Å². The highest BCUT2D eigenvalue weighted by Crippen LogP contribution is 2.36. The largest absolute Gasteiger partial charge is 0.326 e. The fraction of sp³-hybridized carbons (Fsp3) is 0.556. The molecule has 0 saturated carbocycles. The zero-order valence-electron chi connectivity index (χ0n) is 15.1. The Labute approximate surface area is 145 Å². The predicted molar refractivity (Wildman–Crippen MR) is 96.1 cm³/mol. The van der Waals surface area contributed by atoms with Crippen molar-refractivity contribution < 1.29 is 14.4 Å². The van der Waals surface area contributed by atoms with Crippen molar-refractivity contribution in [3.05, 3.63) is 33.4 Å². The predicted octanol–water partition coefficient (Wildman–Crippen LogP) is 4.13. The van der Waals surface area contributed by atoms with Gasteiger partial charge < -0.3 is 9.79 Å². The van der Waals surface area contributed by atoms with Crippen molar-refractivity contribution in [3.8, 4) is 12.1 Å². The molecule has 0 unspecified atom stereocenters. The summed E-state index contributed by atoms with van der Waals surface area (Å²) in [6, 6.07) is 4.80. The molecule has 1 aromatic rings. The third kappa shape index (κ3) is 5.18. The maximum Gasteiger partial charge on any atom is 0.314 e. The average molecular weight is 350 g/mol. The van der Waals surface area contributed by atoms with Crippen LogP contribution in [-0.4, -0.2) is 9.79 Å². The molecular weight excluding hydrogens is 323 g/mol. The molecule has 0 fully saturated rings. The molecule has 5 nitrogen and oxygen atoms in total. The van der Waals surface area contributed by atoms with Gasteiger partial charge in [-0.3, -0.25) is 4.57 Å². The Morgan fingerprint density at radius 2 is 1.38 bits per heavy atom. The van der Waals surface area contributed by atoms with Crippen LogP contribution in [0.1, 0.15) is 79.8 Å². The fourth-order valence-electron chi connectivity index (χ4n) is 3.25. The number of hydrogen-bond acceptors (Lipinski definition) is 3. The number of nitriles is 2. The summed E-state index contributed by atoms with van der Waals surface area (Å²) in [5.41, 5.74) is 5.91. The topological polar surface area (TPSA) is 105 Å². The second kappa shape index (κ2) is 11.0. The van der Waals surface area contributed by atoms with Gasteiger partial charge in [-0.2, -0.15) is 10.5 Å². The summed E-state index contributed by atoms with van der Waals surface area (Å²) in [4.78, 5) is 14.3. The first-order valence-corrected chi connectivity index (χ1v) is 9.54. The molecule has 1 aromatic carbocycles. The Balaban J connectivity index is 0.00000118. The van der Waals surface area contributed by atoms with Crippen molar-refractivity contribution >= 4 is 8.25 Å². The lowest BCUT2D eigenvalue weighted by molar-refractivity contribution is 0.405. The standard InChI is InChI=1S/C18H24N2.H3O3P/c1-6-13(7-2)18-15(9-4)16(10-19)12(5)14(8-3)17(18)11-20;1-4(2)3/h13H,6-9H2,1-5H3;4H,(H2,1,2,3). The molecule has 0 aliphatic rings. The van der Waals surface area contributed by atoms with Crippen LogP contribution in [0.5, 0.6) is 0 Å². The van der Waals surface area contributed by atoms with E-state index in [1.807, 2.05) is 6.92 Å². The lowest BCUT2D eigenvalue weighted by Gasteiger charge is -2.23. The lowest BCUT2D eigenvalue weighted by atomic mass is 9.79. The molecule has 0 aromatic heterocycles. The summed E-state index contributed by atoms with van der Waals surface area (Å²) in [6.07, 6.45) is 3.64. The second-order valence-electron chi connectivity index (χ2n) is 5.47. The van der Waals surface area contributed by atoms with Crippen LogP contribution in [0.3, 0.4) is 0 Å².